The average molecular weight is 213 g/mol. The molecule has 0 unspecified atom stereocenters. The highest BCUT2D eigenvalue weighted by molar-refractivity contribution is 5.64. The summed E-state index contributed by atoms with van der Waals surface area (Å²) in [5.41, 5.74) is 1.92. The van der Waals surface area contributed by atoms with E-state index in [2.05, 4.69) is 4.98 Å². The van der Waals surface area contributed by atoms with Gasteiger partial charge in [-0.05, 0) is 31.5 Å². The van der Waals surface area contributed by atoms with Gasteiger partial charge in [0.05, 0.1) is 11.3 Å². The summed E-state index contributed by atoms with van der Waals surface area (Å²) in [5.74, 6) is 0. The lowest BCUT2D eigenvalue weighted by atomic mass is 9.91. The third kappa shape index (κ3) is 2.12. The Kier molecular flexibility index (Phi) is 2.75. The van der Waals surface area contributed by atoms with Crippen LogP contribution in [0, 0.1) is 0 Å². The summed E-state index contributed by atoms with van der Waals surface area (Å²) in [4.78, 5) is 4.31. The van der Waals surface area contributed by atoms with Gasteiger partial charge in [0.25, 0.3) is 0 Å². The van der Waals surface area contributed by atoms with E-state index in [0.29, 0.717) is 0 Å². The number of aliphatic hydroxyl groups is 1. The molecule has 0 saturated carbocycles. The van der Waals surface area contributed by atoms with Gasteiger partial charge in [-0.15, -0.1) is 0 Å². The maximum atomic E-state index is 10.1. The Hall–Kier alpha value is -1.67. The first kappa shape index (κ1) is 10.8. The molecule has 2 rings (SSSR count). The van der Waals surface area contributed by atoms with Crippen molar-refractivity contribution in [2.24, 2.45) is 0 Å². The SMILES string of the molecule is CC(C)(O)c1ccccc1-c1ccccn1. The highest BCUT2D eigenvalue weighted by Gasteiger charge is 2.20. The number of rotatable bonds is 2. The van der Waals surface area contributed by atoms with E-state index in [4.69, 9.17) is 0 Å². The van der Waals surface area contributed by atoms with Crippen LogP contribution in [0.25, 0.3) is 11.3 Å². The smallest absolute Gasteiger partial charge is 0.0847 e. The van der Waals surface area contributed by atoms with Gasteiger partial charge in [0.15, 0.2) is 0 Å². The third-order valence-electron chi connectivity index (χ3n) is 2.53. The van der Waals surface area contributed by atoms with Gasteiger partial charge in [-0.1, -0.05) is 30.3 Å². The van der Waals surface area contributed by atoms with Gasteiger partial charge in [0.2, 0.25) is 0 Å². The van der Waals surface area contributed by atoms with Crippen molar-refractivity contribution in [1.82, 2.24) is 4.98 Å². The molecule has 0 amide bonds. The zero-order valence-electron chi connectivity index (χ0n) is 9.51. The van der Waals surface area contributed by atoms with Crippen molar-refractivity contribution in [2.45, 2.75) is 19.4 Å². The minimum absolute atomic E-state index is 0.853. The van der Waals surface area contributed by atoms with Crippen LogP contribution < -0.4 is 0 Å². The molecule has 1 heterocycles. The number of hydrogen-bond acceptors (Lipinski definition) is 2. The third-order valence-corrected chi connectivity index (χ3v) is 2.53. The van der Waals surface area contributed by atoms with Crippen molar-refractivity contribution in [1.29, 1.82) is 0 Å². The monoisotopic (exact) mass is 213 g/mol. The van der Waals surface area contributed by atoms with Gasteiger partial charge < -0.3 is 5.11 Å². The van der Waals surface area contributed by atoms with Crippen molar-refractivity contribution < 1.29 is 5.11 Å². The second kappa shape index (κ2) is 4.06. The summed E-state index contributed by atoms with van der Waals surface area (Å²) in [6.07, 6.45) is 1.76. The molecular weight excluding hydrogens is 198 g/mol. The van der Waals surface area contributed by atoms with Gasteiger partial charge in [0, 0.05) is 11.8 Å². The number of hydrogen-bond donors (Lipinski definition) is 1. The second-order valence-corrected chi connectivity index (χ2v) is 4.32. The van der Waals surface area contributed by atoms with Crippen LogP contribution in [-0.2, 0) is 5.60 Å². The maximum absolute atomic E-state index is 10.1. The van der Waals surface area contributed by atoms with Crippen molar-refractivity contribution >= 4 is 0 Å². The number of nitrogens with zero attached hydrogens (tertiary/aromatic N) is 1. The second-order valence-electron chi connectivity index (χ2n) is 4.32. The molecule has 0 aliphatic carbocycles. The van der Waals surface area contributed by atoms with E-state index >= 15 is 0 Å². The lowest BCUT2D eigenvalue weighted by Gasteiger charge is -2.21. The standard InChI is InChI=1S/C14H15NO/c1-14(2,16)12-8-4-3-7-11(12)13-9-5-6-10-15-13/h3-10,16H,1-2H3. The van der Waals surface area contributed by atoms with Gasteiger partial charge in [-0.25, -0.2) is 0 Å². The molecule has 16 heavy (non-hydrogen) atoms. The summed E-state index contributed by atoms with van der Waals surface area (Å²) < 4.78 is 0. The molecule has 82 valence electrons. The predicted octanol–water partition coefficient (Wildman–Crippen LogP) is 2.98. The average Bonchev–Trinajstić information content (AvgIpc) is 2.29. The molecular formula is C14H15NO. The molecule has 1 aromatic carbocycles. The van der Waals surface area contributed by atoms with Crippen LogP contribution in [-0.4, -0.2) is 10.1 Å². The first-order valence-corrected chi connectivity index (χ1v) is 5.32. The number of aromatic nitrogens is 1. The van der Waals surface area contributed by atoms with Crippen LogP contribution in [0.3, 0.4) is 0 Å². The number of pyridine rings is 1. The predicted molar refractivity (Wildman–Crippen MR) is 64.9 cm³/mol. The van der Waals surface area contributed by atoms with E-state index in [0.717, 1.165) is 16.8 Å². The van der Waals surface area contributed by atoms with Crippen LogP contribution in [0.5, 0.6) is 0 Å². The summed E-state index contributed by atoms with van der Waals surface area (Å²) in [6, 6.07) is 13.6. The van der Waals surface area contributed by atoms with E-state index in [1.165, 1.54) is 0 Å². The molecule has 0 bridgehead atoms. The molecule has 0 saturated heterocycles. The van der Waals surface area contributed by atoms with Crippen molar-refractivity contribution in [3.8, 4) is 11.3 Å². The fraction of sp³-hybridized carbons (Fsp3) is 0.214. The molecule has 0 aliphatic rings. The van der Waals surface area contributed by atoms with Crippen molar-refractivity contribution in [3.05, 3.63) is 54.2 Å². The van der Waals surface area contributed by atoms with Gasteiger partial charge in [-0.3, -0.25) is 4.98 Å². The zero-order valence-corrected chi connectivity index (χ0v) is 9.51. The minimum Gasteiger partial charge on any atom is -0.386 e. The Labute approximate surface area is 95.6 Å². The molecule has 0 radical (unpaired) electrons. The maximum Gasteiger partial charge on any atom is 0.0847 e. The quantitative estimate of drug-likeness (QED) is 0.832. The molecule has 2 nitrogen and oxygen atoms in total. The minimum atomic E-state index is -0.853. The molecule has 0 aliphatic heterocycles. The Morgan fingerprint density at radius 1 is 1.00 bits per heavy atom. The number of benzene rings is 1. The molecule has 2 aromatic rings. The van der Waals surface area contributed by atoms with Crippen LogP contribution in [0.4, 0.5) is 0 Å². The lowest BCUT2D eigenvalue weighted by Crippen LogP contribution is -2.16. The van der Waals surface area contributed by atoms with Gasteiger partial charge in [0.1, 0.15) is 0 Å². The van der Waals surface area contributed by atoms with E-state index in [1.807, 2.05) is 42.5 Å². The first-order chi connectivity index (χ1) is 7.59. The molecule has 0 spiro atoms. The summed E-state index contributed by atoms with van der Waals surface area (Å²) >= 11 is 0. The van der Waals surface area contributed by atoms with E-state index in [9.17, 15) is 5.11 Å². The fourth-order valence-corrected chi connectivity index (χ4v) is 1.76. The van der Waals surface area contributed by atoms with E-state index in [-0.39, 0.29) is 0 Å². The zero-order chi connectivity index (χ0) is 11.6. The first-order valence-electron chi connectivity index (χ1n) is 5.32. The van der Waals surface area contributed by atoms with Crippen molar-refractivity contribution in [2.75, 3.05) is 0 Å². The molecule has 1 N–H and O–H groups in total. The highest BCUT2D eigenvalue weighted by Crippen LogP contribution is 2.29. The topological polar surface area (TPSA) is 33.1 Å². The Morgan fingerprint density at radius 2 is 1.69 bits per heavy atom. The molecule has 0 atom stereocenters. The molecule has 1 aromatic heterocycles. The molecule has 0 fully saturated rings. The lowest BCUT2D eigenvalue weighted by molar-refractivity contribution is 0.0792. The van der Waals surface area contributed by atoms with Crippen LogP contribution in [0.15, 0.2) is 48.7 Å². The highest BCUT2D eigenvalue weighted by atomic mass is 16.3. The molecule has 2 heteroatoms. The summed E-state index contributed by atoms with van der Waals surface area (Å²) in [5, 5.41) is 10.1. The summed E-state index contributed by atoms with van der Waals surface area (Å²) in [7, 11) is 0. The van der Waals surface area contributed by atoms with E-state index < -0.39 is 5.60 Å². The van der Waals surface area contributed by atoms with Crippen LogP contribution in [0.2, 0.25) is 0 Å². The summed E-state index contributed by atoms with van der Waals surface area (Å²) in [6.45, 7) is 3.57. The van der Waals surface area contributed by atoms with Gasteiger partial charge in [-0.2, -0.15) is 0 Å². The van der Waals surface area contributed by atoms with E-state index in [1.54, 1.807) is 20.0 Å². The van der Waals surface area contributed by atoms with Crippen LogP contribution >= 0.6 is 0 Å². The Balaban J connectivity index is 2.58. The van der Waals surface area contributed by atoms with Crippen LogP contribution in [0.1, 0.15) is 19.4 Å². The fourth-order valence-electron chi connectivity index (χ4n) is 1.76. The largest absolute Gasteiger partial charge is 0.386 e. The van der Waals surface area contributed by atoms with Crippen molar-refractivity contribution in [3.63, 3.8) is 0 Å². The normalized spacial score (nSPS) is 11.4. The Bertz CT molecular complexity index is 472. The Morgan fingerprint density at radius 3 is 2.31 bits per heavy atom. The van der Waals surface area contributed by atoms with Gasteiger partial charge >= 0.3 is 0 Å².